The van der Waals surface area contributed by atoms with E-state index in [9.17, 15) is 13.2 Å². The third-order valence-electron chi connectivity index (χ3n) is 6.34. The highest BCUT2D eigenvalue weighted by Crippen LogP contribution is 2.32. The molecule has 0 fully saturated rings. The number of methoxy groups -OCH3 is 1. The Hall–Kier alpha value is -2.97. The highest BCUT2D eigenvalue weighted by molar-refractivity contribution is 7.98. The first-order valence-corrected chi connectivity index (χ1v) is 14.9. The lowest BCUT2D eigenvalue weighted by Crippen LogP contribution is -2.41. The van der Waals surface area contributed by atoms with Crippen LogP contribution in [0.2, 0.25) is 0 Å². The lowest BCUT2D eigenvalue weighted by atomic mass is 9.93. The number of thioether (sulfide) groups is 1. The van der Waals surface area contributed by atoms with Gasteiger partial charge in [-0.3, -0.25) is 9.10 Å². The zero-order valence-corrected chi connectivity index (χ0v) is 24.2. The van der Waals surface area contributed by atoms with Crippen molar-refractivity contribution in [1.82, 2.24) is 5.32 Å². The number of benzene rings is 3. The SMILES string of the molecule is COc1cc(C)c(C(C)NC(=O)CN(c2ccc(C)cc2)S(=O)(=O)c2ccc(SC)cc2)cc1C(C)C. The van der Waals surface area contributed by atoms with Gasteiger partial charge in [-0.2, -0.15) is 0 Å². The first kappa shape index (κ1) is 28.6. The van der Waals surface area contributed by atoms with E-state index in [2.05, 4.69) is 25.2 Å². The van der Waals surface area contributed by atoms with E-state index in [-0.39, 0.29) is 23.4 Å². The van der Waals surface area contributed by atoms with E-state index in [1.807, 2.05) is 45.2 Å². The van der Waals surface area contributed by atoms with Gasteiger partial charge in [-0.15, -0.1) is 11.8 Å². The highest BCUT2D eigenvalue weighted by Gasteiger charge is 2.28. The van der Waals surface area contributed by atoms with E-state index in [1.54, 1.807) is 43.5 Å². The number of nitrogens with zero attached hydrogens (tertiary/aromatic N) is 1. The highest BCUT2D eigenvalue weighted by atomic mass is 32.2. The first-order chi connectivity index (χ1) is 17.5. The zero-order valence-electron chi connectivity index (χ0n) is 22.5. The number of carbonyl (C=O) groups excluding carboxylic acids is 1. The van der Waals surface area contributed by atoms with E-state index in [1.165, 1.54) is 16.1 Å². The van der Waals surface area contributed by atoms with Crippen LogP contribution < -0.4 is 14.4 Å². The van der Waals surface area contributed by atoms with E-state index in [0.29, 0.717) is 5.69 Å². The Balaban J connectivity index is 1.91. The van der Waals surface area contributed by atoms with Gasteiger partial charge in [0, 0.05) is 4.90 Å². The second kappa shape index (κ2) is 12.0. The maximum Gasteiger partial charge on any atom is 0.264 e. The van der Waals surface area contributed by atoms with Crippen molar-refractivity contribution >= 4 is 33.4 Å². The predicted molar refractivity (Wildman–Crippen MR) is 152 cm³/mol. The monoisotopic (exact) mass is 540 g/mol. The summed E-state index contributed by atoms with van der Waals surface area (Å²) in [5, 5.41) is 3.00. The fourth-order valence-electron chi connectivity index (χ4n) is 4.21. The Bertz CT molecular complexity index is 1340. The summed E-state index contributed by atoms with van der Waals surface area (Å²) in [5.74, 6) is 0.675. The van der Waals surface area contributed by atoms with Crippen LogP contribution >= 0.6 is 11.8 Å². The molecule has 3 rings (SSSR count). The number of sulfonamides is 1. The van der Waals surface area contributed by atoms with Crippen molar-refractivity contribution in [2.75, 3.05) is 24.2 Å². The number of amides is 1. The van der Waals surface area contributed by atoms with E-state index >= 15 is 0 Å². The van der Waals surface area contributed by atoms with Crippen LogP contribution in [0.4, 0.5) is 5.69 Å². The number of hydrogen-bond acceptors (Lipinski definition) is 5. The van der Waals surface area contributed by atoms with Crippen molar-refractivity contribution in [3.05, 3.63) is 82.9 Å². The van der Waals surface area contributed by atoms with Crippen LogP contribution in [0.5, 0.6) is 5.75 Å². The molecule has 1 amide bonds. The first-order valence-electron chi connectivity index (χ1n) is 12.2. The molecule has 3 aromatic rings. The fourth-order valence-corrected chi connectivity index (χ4v) is 6.04. The Kier molecular flexibility index (Phi) is 9.31. The Morgan fingerprint density at radius 1 is 0.973 bits per heavy atom. The molecule has 0 spiro atoms. The second-order valence-electron chi connectivity index (χ2n) is 9.42. The van der Waals surface area contributed by atoms with Gasteiger partial charge >= 0.3 is 0 Å². The van der Waals surface area contributed by atoms with E-state index in [0.717, 1.165) is 32.9 Å². The minimum Gasteiger partial charge on any atom is -0.496 e. The number of nitrogens with one attached hydrogen (secondary N) is 1. The maximum atomic E-state index is 13.7. The van der Waals surface area contributed by atoms with Crippen molar-refractivity contribution in [2.45, 2.75) is 56.4 Å². The van der Waals surface area contributed by atoms with Crippen LogP contribution in [-0.2, 0) is 14.8 Å². The predicted octanol–water partition coefficient (Wildman–Crippen LogP) is 6.23. The third-order valence-corrected chi connectivity index (χ3v) is 8.87. The molecule has 37 heavy (non-hydrogen) atoms. The molecular formula is C29H36N2O4S2. The van der Waals surface area contributed by atoms with E-state index in [4.69, 9.17) is 4.74 Å². The molecule has 0 saturated heterocycles. The normalized spacial score (nSPS) is 12.3. The van der Waals surface area contributed by atoms with Gasteiger partial charge in [0.25, 0.3) is 10.0 Å². The molecule has 0 saturated carbocycles. The smallest absolute Gasteiger partial charge is 0.264 e. The van der Waals surface area contributed by atoms with Gasteiger partial charge in [0.05, 0.1) is 23.7 Å². The van der Waals surface area contributed by atoms with Gasteiger partial charge in [0.1, 0.15) is 12.3 Å². The quantitative estimate of drug-likeness (QED) is 0.309. The standard InChI is InChI=1S/C29H36N2O4S2/c1-19(2)26-17-27(21(4)16-28(26)35-6)22(5)30-29(32)18-31(23-10-8-20(3)9-11-23)37(33,34)25-14-12-24(36-7)13-15-25/h8-17,19,22H,18H2,1-7H3,(H,30,32). The summed E-state index contributed by atoms with van der Waals surface area (Å²) in [6.07, 6.45) is 1.93. The number of rotatable bonds is 10. The lowest BCUT2D eigenvalue weighted by molar-refractivity contribution is -0.120. The van der Waals surface area contributed by atoms with Crippen molar-refractivity contribution in [2.24, 2.45) is 0 Å². The summed E-state index contributed by atoms with van der Waals surface area (Å²) >= 11 is 1.54. The van der Waals surface area contributed by atoms with Crippen LogP contribution in [-0.4, -0.2) is 34.2 Å². The molecule has 3 aromatic carbocycles. The third kappa shape index (κ3) is 6.67. The van der Waals surface area contributed by atoms with Crippen LogP contribution in [0.1, 0.15) is 55.0 Å². The van der Waals surface area contributed by atoms with Crippen LogP contribution in [0.25, 0.3) is 0 Å². The van der Waals surface area contributed by atoms with Crippen molar-refractivity contribution in [1.29, 1.82) is 0 Å². The molecule has 1 unspecified atom stereocenters. The largest absolute Gasteiger partial charge is 0.496 e. The number of ether oxygens (including phenoxy) is 1. The molecule has 0 aliphatic rings. The topological polar surface area (TPSA) is 75.7 Å². The summed E-state index contributed by atoms with van der Waals surface area (Å²) in [6, 6.07) is 17.5. The molecule has 0 heterocycles. The zero-order chi connectivity index (χ0) is 27.3. The Morgan fingerprint density at radius 3 is 2.14 bits per heavy atom. The molecule has 198 valence electrons. The van der Waals surface area contributed by atoms with Gasteiger partial charge in [0.15, 0.2) is 0 Å². The number of hydrogen-bond donors (Lipinski definition) is 1. The second-order valence-corrected chi connectivity index (χ2v) is 12.2. The fraction of sp³-hybridized carbons (Fsp3) is 0.345. The average molecular weight is 541 g/mol. The van der Waals surface area contributed by atoms with Gasteiger partial charge in [-0.05, 0) is 98.2 Å². The summed E-state index contributed by atoms with van der Waals surface area (Å²) in [4.78, 5) is 14.4. The van der Waals surface area contributed by atoms with Crippen molar-refractivity contribution in [3.63, 3.8) is 0 Å². The minimum absolute atomic E-state index is 0.138. The summed E-state index contributed by atoms with van der Waals surface area (Å²) < 4.78 is 34.1. The number of aryl methyl sites for hydroxylation is 2. The molecule has 1 N–H and O–H groups in total. The molecule has 0 radical (unpaired) electrons. The van der Waals surface area contributed by atoms with Gasteiger partial charge in [-0.25, -0.2) is 8.42 Å². The molecule has 0 aliphatic heterocycles. The lowest BCUT2D eigenvalue weighted by Gasteiger charge is -2.26. The van der Waals surface area contributed by atoms with Gasteiger partial charge in [-0.1, -0.05) is 31.5 Å². The molecule has 6 nitrogen and oxygen atoms in total. The molecule has 8 heteroatoms. The van der Waals surface area contributed by atoms with Crippen LogP contribution in [0.3, 0.4) is 0 Å². The Labute approximate surface area is 225 Å². The summed E-state index contributed by atoms with van der Waals surface area (Å²) in [6.45, 7) is 9.66. The molecule has 0 aliphatic carbocycles. The number of carbonyl (C=O) groups is 1. The van der Waals surface area contributed by atoms with Crippen LogP contribution in [0.15, 0.2) is 70.5 Å². The Morgan fingerprint density at radius 2 is 1.59 bits per heavy atom. The van der Waals surface area contributed by atoms with Crippen molar-refractivity contribution in [3.8, 4) is 5.75 Å². The van der Waals surface area contributed by atoms with Gasteiger partial charge < -0.3 is 10.1 Å². The molecule has 1 atom stereocenters. The van der Waals surface area contributed by atoms with E-state index < -0.39 is 15.9 Å². The van der Waals surface area contributed by atoms with Crippen molar-refractivity contribution < 1.29 is 17.9 Å². The molecular weight excluding hydrogens is 504 g/mol. The molecule has 0 aromatic heterocycles. The maximum absolute atomic E-state index is 13.7. The van der Waals surface area contributed by atoms with Gasteiger partial charge in [0.2, 0.25) is 5.91 Å². The summed E-state index contributed by atoms with van der Waals surface area (Å²) in [5.41, 5.74) is 4.45. The van der Waals surface area contributed by atoms with Crippen LogP contribution in [0, 0.1) is 13.8 Å². The summed E-state index contributed by atoms with van der Waals surface area (Å²) in [7, 11) is -2.32. The molecule has 0 bridgehead atoms. The number of anilines is 1. The minimum atomic E-state index is -3.98. The average Bonchev–Trinajstić information content (AvgIpc) is 2.87.